The SMILES string of the molecule is C/C(=N/OCc1ccccc1F)[C@@H]1C[C@@H]1c1ccc(C(C)C)cc1. The van der Waals surface area contributed by atoms with Crippen LogP contribution in [0.2, 0.25) is 0 Å². The molecule has 3 rings (SSSR count). The quantitative estimate of drug-likeness (QED) is 0.497. The molecule has 0 spiro atoms. The number of hydrogen-bond acceptors (Lipinski definition) is 2. The molecule has 2 aromatic rings. The summed E-state index contributed by atoms with van der Waals surface area (Å²) in [7, 11) is 0. The molecule has 0 aromatic heterocycles. The molecule has 0 bridgehead atoms. The smallest absolute Gasteiger partial charge is 0.145 e. The maximum absolute atomic E-state index is 13.5. The van der Waals surface area contributed by atoms with Crippen molar-refractivity contribution in [2.75, 3.05) is 0 Å². The lowest BCUT2D eigenvalue weighted by Crippen LogP contribution is -2.00. The zero-order chi connectivity index (χ0) is 17.1. The molecule has 24 heavy (non-hydrogen) atoms. The highest BCUT2D eigenvalue weighted by Crippen LogP contribution is 2.48. The second-order valence-corrected chi connectivity index (χ2v) is 6.87. The van der Waals surface area contributed by atoms with Crippen molar-refractivity contribution in [1.82, 2.24) is 0 Å². The summed E-state index contributed by atoms with van der Waals surface area (Å²) in [5, 5.41) is 4.19. The van der Waals surface area contributed by atoms with Crippen LogP contribution in [-0.2, 0) is 11.4 Å². The molecule has 0 saturated heterocycles. The topological polar surface area (TPSA) is 21.6 Å². The fraction of sp³-hybridized carbons (Fsp3) is 0.381. The van der Waals surface area contributed by atoms with Crippen LogP contribution in [0, 0.1) is 11.7 Å². The summed E-state index contributed by atoms with van der Waals surface area (Å²) >= 11 is 0. The van der Waals surface area contributed by atoms with E-state index < -0.39 is 0 Å². The Kier molecular flexibility index (Phi) is 4.98. The maximum Gasteiger partial charge on any atom is 0.145 e. The highest BCUT2D eigenvalue weighted by atomic mass is 19.1. The number of rotatable bonds is 6. The Morgan fingerprint density at radius 1 is 1.17 bits per heavy atom. The molecular formula is C21H24FNO. The molecule has 2 aromatic carbocycles. The molecule has 0 radical (unpaired) electrons. The number of hydrogen-bond donors (Lipinski definition) is 0. The van der Waals surface area contributed by atoms with Gasteiger partial charge in [-0.2, -0.15) is 0 Å². The van der Waals surface area contributed by atoms with Crippen LogP contribution in [0.4, 0.5) is 4.39 Å². The number of halogens is 1. The van der Waals surface area contributed by atoms with E-state index in [9.17, 15) is 4.39 Å². The summed E-state index contributed by atoms with van der Waals surface area (Å²) < 4.78 is 13.5. The van der Waals surface area contributed by atoms with Crippen LogP contribution in [0.5, 0.6) is 0 Å². The van der Waals surface area contributed by atoms with Gasteiger partial charge in [-0.3, -0.25) is 0 Å². The standard InChI is InChI=1S/C21H24FNO/c1-14(2)16-8-10-17(11-9-16)20-12-19(20)15(3)23-24-13-18-6-4-5-7-21(18)22/h4-11,14,19-20H,12-13H2,1-3H3/b23-15-/t19-,20+/m0/s1. The lowest BCUT2D eigenvalue weighted by atomic mass is 9.99. The number of oxime groups is 1. The molecule has 1 aliphatic rings. The van der Waals surface area contributed by atoms with Crippen LogP contribution < -0.4 is 0 Å². The Hall–Kier alpha value is -2.16. The minimum Gasteiger partial charge on any atom is -0.391 e. The predicted molar refractivity (Wildman–Crippen MR) is 95.7 cm³/mol. The van der Waals surface area contributed by atoms with Crippen LogP contribution >= 0.6 is 0 Å². The van der Waals surface area contributed by atoms with E-state index in [2.05, 4.69) is 43.3 Å². The van der Waals surface area contributed by atoms with Gasteiger partial charge >= 0.3 is 0 Å². The first kappa shape index (κ1) is 16.7. The van der Waals surface area contributed by atoms with Crippen molar-refractivity contribution in [2.24, 2.45) is 11.1 Å². The van der Waals surface area contributed by atoms with Crippen LogP contribution in [0.1, 0.15) is 55.7 Å². The van der Waals surface area contributed by atoms with Crippen molar-refractivity contribution in [3.8, 4) is 0 Å². The average molecular weight is 325 g/mol. The van der Waals surface area contributed by atoms with Gasteiger partial charge in [-0.1, -0.05) is 61.5 Å². The lowest BCUT2D eigenvalue weighted by Gasteiger charge is -2.07. The Bertz CT molecular complexity index is 721. The number of nitrogens with zero attached hydrogens (tertiary/aromatic N) is 1. The van der Waals surface area contributed by atoms with E-state index in [-0.39, 0.29) is 12.4 Å². The molecule has 0 aliphatic heterocycles. The average Bonchev–Trinajstić information content (AvgIpc) is 3.37. The molecule has 1 fully saturated rings. The van der Waals surface area contributed by atoms with E-state index in [0.717, 1.165) is 12.1 Å². The van der Waals surface area contributed by atoms with Gasteiger partial charge in [0, 0.05) is 11.5 Å². The summed E-state index contributed by atoms with van der Waals surface area (Å²) in [5.74, 6) is 1.28. The third-order valence-corrected chi connectivity index (χ3v) is 4.74. The van der Waals surface area contributed by atoms with Crippen LogP contribution in [0.25, 0.3) is 0 Å². The molecule has 0 unspecified atom stereocenters. The fourth-order valence-corrected chi connectivity index (χ4v) is 3.04. The zero-order valence-corrected chi connectivity index (χ0v) is 14.5. The zero-order valence-electron chi connectivity index (χ0n) is 14.5. The minimum atomic E-state index is -0.250. The van der Waals surface area contributed by atoms with Gasteiger partial charge in [-0.25, -0.2) is 4.39 Å². The molecule has 126 valence electrons. The first-order valence-corrected chi connectivity index (χ1v) is 8.56. The molecule has 0 N–H and O–H groups in total. The van der Waals surface area contributed by atoms with Crippen LogP contribution in [-0.4, -0.2) is 5.71 Å². The minimum absolute atomic E-state index is 0.171. The highest BCUT2D eigenvalue weighted by molar-refractivity contribution is 5.87. The first-order chi connectivity index (χ1) is 11.6. The fourth-order valence-electron chi connectivity index (χ4n) is 3.04. The first-order valence-electron chi connectivity index (χ1n) is 8.56. The van der Waals surface area contributed by atoms with E-state index in [1.165, 1.54) is 17.2 Å². The molecule has 0 heterocycles. The summed E-state index contributed by atoms with van der Waals surface area (Å²) in [5.41, 5.74) is 4.26. The van der Waals surface area contributed by atoms with Gasteiger partial charge in [0.15, 0.2) is 0 Å². The van der Waals surface area contributed by atoms with Gasteiger partial charge in [0.05, 0.1) is 5.71 Å². The van der Waals surface area contributed by atoms with Crippen molar-refractivity contribution < 1.29 is 9.23 Å². The van der Waals surface area contributed by atoms with Gasteiger partial charge in [-0.05, 0) is 42.4 Å². The highest BCUT2D eigenvalue weighted by Gasteiger charge is 2.40. The van der Waals surface area contributed by atoms with E-state index in [0.29, 0.717) is 23.3 Å². The molecule has 0 amide bonds. The van der Waals surface area contributed by atoms with E-state index in [4.69, 9.17) is 4.84 Å². The second kappa shape index (κ2) is 7.16. The Morgan fingerprint density at radius 3 is 2.54 bits per heavy atom. The second-order valence-electron chi connectivity index (χ2n) is 6.87. The van der Waals surface area contributed by atoms with Crippen molar-refractivity contribution in [3.05, 3.63) is 71.0 Å². The van der Waals surface area contributed by atoms with Crippen LogP contribution in [0.15, 0.2) is 53.7 Å². The maximum atomic E-state index is 13.5. The van der Waals surface area contributed by atoms with Crippen molar-refractivity contribution in [2.45, 2.75) is 45.6 Å². The van der Waals surface area contributed by atoms with Gasteiger partial charge in [-0.15, -0.1) is 0 Å². The normalized spacial score (nSPS) is 20.3. The monoisotopic (exact) mass is 325 g/mol. The molecule has 1 aliphatic carbocycles. The largest absolute Gasteiger partial charge is 0.391 e. The van der Waals surface area contributed by atoms with E-state index >= 15 is 0 Å². The Labute approximate surface area is 143 Å². The van der Waals surface area contributed by atoms with Gasteiger partial charge in [0.1, 0.15) is 12.4 Å². The van der Waals surface area contributed by atoms with Crippen molar-refractivity contribution in [1.29, 1.82) is 0 Å². The molecular weight excluding hydrogens is 301 g/mol. The predicted octanol–water partition coefficient (Wildman–Crippen LogP) is 5.65. The molecule has 3 heteroatoms. The summed E-state index contributed by atoms with van der Waals surface area (Å²) in [4.78, 5) is 5.35. The van der Waals surface area contributed by atoms with Crippen LogP contribution in [0.3, 0.4) is 0 Å². The van der Waals surface area contributed by atoms with Gasteiger partial charge in [0.25, 0.3) is 0 Å². The summed E-state index contributed by atoms with van der Waals surface area (Å²) in [6, 6.07) is 15.5. The van der Waals surface area contributed by atoms with E-state index in [1.807, 2.05) is 6.92 Å². The third kappa shape index (κ3) is 3.84. The van der Waals surface area contributed by atoms with Crippen molar-refractivity contribution in [3.63, 3.8) is 0 Å². The Morgan fingerprint density at radius 2 is 1.88 bits per heavy atom. The van der Waals surface area contributed by atoms with Crippen molar-refractivity contribution >= 4 is 5.71 Å². The molecule has 2 atom stereocenters. The van der Waals surface area contributed by atoms with Gasteiger partial charge < -0.3 is 4.84 Å². The third-order valence-electron chi connectivity index (χ3n) is 4.74. The van der Waals surface area contributed by atoms with Gasteiger partial charge in [0.2, 0.25) is 0 Å². The Balaban J connectivity index is 1.55. The lowest BCUT2D eigenvalue weighted by molar-refractivity contribution is 0.127. The summed E-state index contributed by atoms with van der Waals surface area (Å²) in [6.07, 6.45) is 1.11. The molecule has 2 nitrogen and oxygen atoms in total. The van der Waals surface area contributed by atoms with E-state index in [1.54, 1.807) is 18.2 Å². The summed E-state index contributed by atoms with van der Waals surface area (Å²) in [6.45, 7) is 6.58. The number of benzene rings is 2. The molecule has 1 saturated carbocycles.